The van der Waals surface area contributed by atoms with Crippen molar-refractivity contribution in [3.63, 3.8) is 0 Å². The number of nitrogens with one attached hydrogen (secondary N) is 1. The maximum atomic E-state index is 12.5. The molecule has 0 aromatic carbocycles. The molecule has 5 heteroatoms. The summed E-state index contributed by atoms with van der Waals surface area (Å²) in [6, 6.07) is -0.350. The molecular formula is C15H28N2O3. The molecule has 0 aromatic heterocycles. The lowest BCUT2D eigenvalue weighted by Crippen LogP contribution is -2.68. The fraction of sp³-hybridized carbons (Fsp3) is 0.867. The molecule has 0 aliphatic carbocycles. The van der Waals surface area contributed by atoms with Crippen LogP contribution >= 0.6 is 0 Å². The normalized spacial score (nSPS) is 22.3. The highest BCUT2D eigenvalue weighted by molar-refractivity contribution is 5.99. The van der Waals surface area contributed by atoms with Crippen molar-refractivity contribution in [2.45, 2.75) is 59.0 Å². The van der Waals surface area contributed by atoms with E-state index in [4.69, 9.17) is 4.74 Å². The van der Waals surface area contributed by atoms with E-state index in [1.54, 1.807) is 18.7 Å². The molecule has 1 saturated heterocycles. The van der Waals surface area contributed by atoms with Crippen LogP contribution in [0.2, 0.25) is 0 Å². The van der Waals surface area contributed by atoms with Gasteiger partial charge in [0.15, 0.2) is 0 Å². The third kappa shape index (κ3) is 4.20. The van der Waals surface area contributed by atoms with Crippen LogP contribution in [0, 0.1) is 5.92 Å². The Bertz CT molecular complexity index is 353. The summed E-state index contributed by atoms with van der Waals surface area (Å²) in [5.74, 6) is 0.327. The van der Waals surface area contributed by atoms with Gasteiger partial charge >= 0.3 is 0 Å². The number of carbonyl (C=O) groups is 2. The second-order valence-electron chi connectivity index (χ2n) is 6.31. The van der Waals surface area contributed by atoms with E-state index >= 15 is 0 Å². The van der Waals surface area contributed by atoms with E-state index in [1.165, 1.54) is 0 Å². The van der Waals surface area contributed by atoms with Crippen molar-refractivity contribution >= 4 is 11.8 Å². The van der Waals surface area contributed by atoms with Crippen molar-refractivity contribution in [2.24, 2.45) is 5.92 Å². The molecule has 1 atom stereocenters. The molecule has 116 valence electrons. The molecule has 0 saturated carbocycles. The second kappa shape index (κ2) is 7.07. The van der Waals surface area contributed by atoms with Crippen molar-refractivity contribution in [1.82, 2.24) is 10.2 Å². The molecule has 0 aromatic rings. The summed E-state index contributed by atoms with van der Waals surface area (Å²) >= 11 is 0. The smallest absolute Gasteiger partial charge is 0.248 e. The lowest BCUT2D eigenvalue weighted by molar-refractivity contribution is -0.154. The van der Waals surface area contributed by atoms with E-state index in [1.807, 2.05) is 6.92 Å². The minimum atomic E-state index is -0.809. The number of carbonyl (C=O) groups excluding carboxylic acids is 2. The molecule has 1 aliphatic rings. The van der Waals surface area contributed by atoms with Gasteiger partial charge in [-0.3, -0.25) is 9.59 Å². The Morgan fingerprint density at radius 1 is 1.35 bits per heavy atom. The third-order valence-electron chi connectivity index (χ3n) is 3.50. The Balaban J connectivity index is 2.77. The van der Waals surface area contributed by atoms with Gasteiger partial charge in [-0.25, -0.2) is 0 Å². The Hall–Kier alpha value is -1.10. The van der Waals surface area contributed by atoms with Gasteiger partial charge in [-0.2, -0.15) is 0 Å². The zero-order valence-electron chi connectivity index (χ0n) is 13.4. The first-order valence-electron chi connectivity index (χ1n) is 7.50. The van der Waals surface area contributed by atoms with E-state index in [9.17, 15) is 9.59 Å². The van der Waals surface area contributed by atoms with Crippen molar-refractivity contribution in [1.29, 1.82) is 0 Å². The highest BCUT2D eigenvalue weighted by atomic mass is 16.5. The van der Waals surface area contributed by atoms with Crippen molar-refractivity contribution < 1.29 is 14.3 Å². The first-order valence-corrected chi connectivity index (χ1v) is 7.50. The zero-order chi connectivity index (χ0) is 15.3. The van der Waals surface area contributed by atoms with Crippen LogP contribution in [0.1, 0.15) is 47.5 Å². The van der Waals surface area contributed by atoms with E-state index in [0.29, 0.717) is 32.1 Å². The van der Waals surface area contributed by atoms with E-state index in [0.717, 1.165) is 6.42 Å². The maximum Gasteiger partial charge on any atom is 0.248 e. The SMILES string of the molecule is CCOCCCN1C(=O)C(C)(C)NC(=O)C1CC(C)C. The van der Waals surface area contributed by atoms with Crippen molar-refractivity contribution in [2.75, 3.05) is 19.8 Å². The van der Waals surface area contributed by atoms with Crippen LogP contribution in [0.25, 0.3) is 0 Å². The third-order valence-corrected chi connectivity index (χ3v) is 3.50. The number of piperazine rings is 1. The van der Waals surface area contributed by atoms with E-state index in [2.05, 4.69) is 19.2 Å². The fourth-order valence-corrected chi connectivity index (χ4v) is 2.51. The van der Waals surface area contributed by atoms with Crippen LogP contribution in [0.5, 0.6) is 0 Å². The van der Waals surface area contributed by atoms with Crippen LogP contribution in [0.3, 0.4) is 0 Å². The van der Waals surface area contributed by atoms with Gasteiger partial charge in [-0.15, -0.1) is 0 Å². The van der Waals surface area contributed by atoms with Crippen molar-refractivity contribution in [3.05, 3.63) is 0 Å². The van der Waals surface area contributed by atoms with E-state index < -0.39 is 5.54 Å². The summed E-state index contributed by atoms with van der Waals surface area (Å²) in [4.78, 5) is 26.5. The van der Waals surface area contributed by atoms with Crippen LogP contribution in [0.4, 0.5) is 0 Å². The molecule has 1 fully saturated rings. The minimum absolute atomic E-state index is 0.000696. The Labute approximate surface area is 122 Å². The molecule has 0 radical (unpaired) electrons. The molecule has 1 N–H and O–H groups in total. The molecular weight excluding hydrogens is 256 g/mol. The number of rotatable bonds is 7. The topological polar surface area (TPSA) is 58.6 Å². The van der Waals surface area contributed by atoms with Crippen molar-refractivity contribution in [3.8, 4) is 0 Å². The Morgan fingerprint density at radius 3 is 2.55 bits per heavy atom. The summed E-state index contributed by atoms with van der Waals surface area (Å²) in [5.41, 5.74) is -0.809. The Kier molecular flexibility index (Phi) is 5.99. The number of nitrogens with zero attached hydrogens (tertiary/aromatic N) is 1. The zero-order valence-corrected chi connectivity index (χ0v) is 13.4. The van der Waals surface area contributed by atoms with Gasteiger partial charge < -0.3 is 15.0 Å². The predicted molar refractivity (Wildman–Crippen MR) is 78.3 cm³/mol. The summed E-state index contributed by atoms with van der Waals surface area (Å²) in [6.45, 7) is 11.5. The number of ether oxygens (including phenoxy) is 1. The molecule has 5 nitrogen and oxygen atoms in total. The lowest BCUT2D eigenvalue weighted by Gasteiger charge is -2.43. The first-order chi connectivity index (χ1) is 9.29. The molecule has 20 heavy (non-hydrogen) atoms. The summed E-state index contributed by atoms with van der Waals surface area (Å²) in [7, 11) is 0. The standard InChI is InChI=1S/C15H28N2O3/c1-6-20-9-7-8-17-12(10-11(2)3)13(18)16-15(4,5)14(17)19/h11-12H,6-10H2,1-5H3,(H,16,18). The highest BCUT2D eigenvalue weighted by Crippen LogP contribution is 2.22. The molecule has 1 rings (SSSR count). The quantitative estimate of drug-likeness (QED) is 0.722. The van der Waals surface area contributed by atoms with Crippen LogP contribution in [-0.4, -0.2) is 48.1 Å². The minimum Gasteiger partial charge on any atom is -0.382 e. The van der Waals surface area contributed by atoms with Gasteiger partial charge in [0.2, 0.25) is 11.8 Å². The fourth-order valence-electron chi connectivity index (χ4n) is 2.51. The molecule has 0 bridgehead atoms. The summed E-state index contributed by atoms with van der Waals surface area (Å²) in [5, 5.41) is 2.83. The first kappa shape index (κ1) is 17.0. The van der Waals surface area contributed by atoms with Gasteiger partial charge in [-0.05, 0) is 39.5 Å². The summed E-state index contributed by atoms with van der Waals surface area (Å²) in [6.07, 6.45) is 1.46. The van der Waals surface area contributed by atoms with Gasteiger partial charge in [0.1, 0.15) is 11.6 Å². The highest BCUT2D eigenvalue weighted by Gasteiger charge is 2.44. The molecule has 1 aliphatic heterocycles. The largest absolute Gasteiger partial charge is 0.382 e. The van der Waals surface area contributed by atoms with Gasteiger partial charge in [0.05, 0.1) is 0 Å². The average Bonchev–Trinajstić information content (AvgIpc) is 2.34. The Morgan fingerprint density at radius 2 is 2.00 bits per heavy atom. The van der Waals surface area contributed by atoms with Gasteiger partial charge in [-0.1, -0.05) is 13.8 Å². The molecule has 2 amide bonds. The van der Waals surface area contributed by atoms with Crippen LogP contribution in [0.15, 0.2) is 0 Å². The predicted octanol–water partition coefficient (Wildman–Crippen LogP) is 1.56. The summed E-state index contributed by atoms with van der Waals surface area (Å²) < 4.78 is 5.32. The maximum absolute atomic E-state index is 12.5. The lowest BCUT2D eigenvalue weighted by atomic mass is 9.92. The molecule has 0 spiro atoms. The monoisotopic (exact) mass is 284 g/mol. The van der Waals surface area contributed by atoms with Crippen LogP contribution < -0.4 is 5.32 Å². The van der Waals surface area contributed by atoms with Gasteiger partial charge in [0.25, 0.3) is 0 Å². The number of hydrogen-bond donors (Lipinski definition) is 1. The van der Waals surface area contributed by atoms with Crippen LogP contribution in [-0.2, 0) is 14.3 Å². The molecule has 1 unspecified atom stereocenters. The van der Waals surface area contributed by atoms with Gasteiger partial charge in [0, 0.05) is 19.8 Å². The second-order valence-corrected chi connectivity index (χ2v) is 6.31. The molecule has 1 heterocycles. The number of hydrogen-bond acceptors (Lipinski definition) is 3. The van der Waals surface area contributed by atoms with E-state index in [-0.39, 0.29) is 17.9 Å². The average molecular weight is 284 g/mol. The number of amides is 2.